The fourth-order valence-corrected chi connectivity index (χ4v) is 3.83. The minimum atomic E-state index is -3.14. The van der Waals surface area contributed by atoms with E-state index in [-0.39, 0.29) is 23.7 Å². The van der Waals surface area contributed by atoms with Crippen molar-refractivity contribution in [2.45, 2.75) is 32.1 Å². The number of nitrogens with one attached hydrogen (secondary N) is 1. The van der Waals surface area contributed by atoms with Gasteiger partial charge < -0.3 is 0 Å². The summed E-state index contributed by atoms with van der Waals surface area (Å²) in [5.74, 6) is -0.343. The fraction of sp³-hybridized carbons (Fsp3) is 0.833. The zero-order valence-corrected chi connectivity index (χ0v) is 11.9. The van der Waals surface area contributed by atoms with Gasteiger partial charge in [0.25, 0.3) is 0 Å². The lowest BCUT2D eigenvalue weighted by Gasteiger charge is -2.33. The third-order valence-electron chi connectivity index (χ3n) is 3.92. The largest absolute Gasteiger partial charge is 0.296 e. The molecule has 108 valence electrons. The van der Waals surface area contributed by atoms with E-state index in [4.69, 9.17) is 0 Å². The third kappa shape index (κ3) is 3.76. The molecule has 2 atom stereocenters. The molecule has 0 saturated carbocycles. The standard InChI is InChI=1S/C12H20N2O4S/c1-19(17,18)14-6-2-3-9(8-14)7-10-4-5-11(15)13-12(10)16/h9-10H,2-8H2,1H3,(H,13,15,16). The molecule has 0 radical (unpaired) electrons. The number of rotatable bonds is 3. The molecule has 2 saturated heterocycles. The lowest BCUT2D eigenvalue weighted by atomic mass is 9.85. The van der Waals surface area contributed by atoms with Crippen LogP contribution in [0.15, 0.2) is 0 Å². The maximum Gasteiger partial charge on any atom is 0.229 e. The number of carbonyl (C=O) groups is 2. The normalized spacial score (nSPS) is 30.2. The summed E-state index contributed by atoms with van der Waals surface area (Å²) in [6.07, 6.45) is 4.65. The molecule has 7 heteroatoms. The fourth-order valence-electron chi connectivity index (χ4n) is 2.89. The summed E-state index contributed by atoms with van der Waals surface area (Å²) in [7, 11) is -3.14. The van der Waals surface area contributed by atoms with Crippen LogP contribution in [0.25, 0.3) is 0 Å². The van der Waals surface area contributed by atoms with Crippen LogP contribution < -0.4 is 5.32 Å². The Morgan fingerprint density at radius 2 is 2.05 bits per heavy atom. The van der Waals surface area contributed by atoms with Gasteiger partial charge in [0.1, 0.15) is 0 Å². The minimum Gasteiger partial charge on any atom is -0.296 e. The number of piperidine rings is 2. The molecule has 6 nitrogen and oxygen atoms in total. The van der Waals surface area contributed by atoms with Gasteiger partial charge in [0, 0.05) is 25.4 Å². The second-order valence-electron chi connectivity index (χ2n) is 5.51. The second-order valence-corrected chi connectivity index (χ2v) is 7.50. The first kappa shape index (κ1) is 14.5. The Morgan fingerprint density at radius 1 is 1.32 bits per heavy atom. The van der Waals surface area contributed by atoms with E-state index >= 15 is 0 Å². The van der Waals surface area contributed by atoms with Crippen molar-refractivity contribution in [2.24, 2.45) is 11.8 Å². The predicted molar refractivity (Wildman–Crippen MR) is 69.6 cm³/mol. The number of hydrogen-bond donors (Lipinski definition) is 1. The molecule has 2 fully saturated rings. The molecule has 0 bridgehead atoms. The zero-order chi connectivity index (χ0) is 14.0. The van der Waals surface area contributed by atoms with E-state index in [0.29, 0.717) is 32.4 Å². The minimum absolute atomic E-state index is 0.151. The van der Waals surface area contributed by atoms with Gasteiger partial charge in [-0.25, -0.2) is 12.7 Å². The van der Waals surface area contributed by atoms with Gasteiger partial charge in [-0.15, -0.1) is 0 Å². The Kier molecular flexibility index (Phi) is 4.25. The highest BCUT2D eigenvalue weighted by Gasteiger charge is 2.32. The summed E-state index contributed by atoms with van der Waals surface area (Å²) < 4.78 is 24.6. The van der Waals surface area contributed by atoms with Crippen LogP contribution in [0.2, 0.25) is 0 Å². The predicted octanol–water partition coefficient (Wildman–Crippen LogP) is 0.101. The maximum absolute atomic E-state index is 11.7. The molecule has 0 aliphatic carbocycles. The number of nitrogens with zero attached hydrogens (tertiary/aromatic N) is 1. The zero-order valence-electron chi connectivity index (χ0n) is 11.1. The van der Waals surface area contributed by atoms with Gasteiger partial charge in [-0.3, -0.25) is 14.9 Å². The van der Waals surface area contributed by atoms with Gasteiger partial charge >= 0.3 is 0 Å². The summed E-state index contributed by atoms with van der Waals surface area (Å²) in [5.41, 5.74) is 0. The number of sulfonamides is 1. The van der Waals surface area contributed by atoms with Crippen molar-refractivity contribution >= 4 is 21.8 Å². The highest BCUT2D eigenvalue weighted by Crippen LogP contribution is 2.28. The molecule has 2 aliphatic heterocycles. The third-order valence-corrected chi connectivity index (χ3v) is 5.19. The van der Waals surface area contributed by atoms with Gasteiger partial charge in [0.15, 0.2) is 0 Å². The maximum atomic E-state index is 11.7. The molecular weight excluding hydrogens is 268 g/mol. The molecule has 1 N–H and O–H groups in total. The van der Waals surface area contributed by atoms with Crippen LogP contribution in [0.1, 0.15) is 32.1 Å². The lowest BCUT2D eigenvalue weighted by Crippen LogP contribution is -2.44. The Bertz CT molecular complexity index is 474. The first-order valence-corrected chi connectivity index (χ1v) is 8.50. The highest BCUT2D eigenvalue weighted by molar-refractivity contribution is 7.88. The van der Waals surface area contributed by atoms with E-state index in [0.717, 1.165) is 12.8 Å². The van der Waals surface area contributed by atoms with Gasteiger partial charge in [0.2, 0.25) is 21.8 Å². The van der Waals surface area contributed by atoms with Crippen molar-refractivity contribution in [3.05, 3.63) is 0 Å². The molecule has 0 aromatic heterocycles. The Morgan fingerprint density at radius 3 is 2.68 bits per heavy atom. The van der Waals surface area contributed by atoms with E-state index in [1.165, 1.54) is 10.6 Å². The monoisotopic (exact) mass is 288 g/mol. The van der Waals surface area contributed by atoms with Gasteiger partial charge in [-0.1, -0.05) is 0 Å². The van der Waals surface area contributed by atoms with Crippen LogP contribution in [0.5, 0.6) is 0 Å². The Hall–Kier alpha value is -0.950. The van der Waals surface area contributed by atoms with E-state index in [9.17, 15) is 18.0 Å². The van der Waals surface area contributed by atoms with Gasteiger partial charge in [-0.2, -0.15) is 0 Å². The van der Waals surface area contributed by atoms with Crippen molar-refractivity contribution in [1.82, 2.24) is 9.62 Å². The smallest absolute Gasteiger partial charge is 0.229 e. The van der Waals surface area contributed by atoms with Crippen LogP contribution in [-0.2, 0) is 19.6 Å². The molecule has 0 aromatic carbocycles. The average Bonchev–Trinajstić information content (AvgIpc) is 2.32. The topological polar surface area (TPSA) is 83.6 Å². The van der Waals surface area contributed by atoms with Crippen molar-refractivity contribution in [2.75, 3.05) is 19.3 Å². The highest BCUT2D eigenvalue weighted by atomic mass is 32.2. The molecule has 0 aromatic rings. The van der Waals surface area contributed by atoms with Crippen molar-refractivity contribution in [3.8, 4) is 0 Å². The summed E-state index contributed by atoms with van der Waals surface area (Å²) >= 11 is 0. The second kappa shape index (κ2) is 5.58. The van der Waals surface area contributed by atoms with E-state index in [1.807, 2.05) is 0 Å². The quantitative estimate of drug-likeness (QED) is 0.747. The van der Waals surface area contributed by atoms with E-state index in [2.05, 4.69) is 5.32 Å². The van der Waals surface area contributed by atoms with Crippen molar-refractivity contribution in [3.63, 3.8) is 0 Å². The molecule has 2 aliphatic rings. The van der Waals surface area contributed by atoms with E-state index in [1.54, 1.807) is 0 Å². The summed E-state index contributed by atoms with van der Waals surface area (Å²) in [6, 6.07) is 0. The average molecular weight is 288 g/mol. The molecular formula is C12H20N2O4S. The molecule has 2 rings (SSSR count). The first-order valence-electron chi connectivity index (χ1n) is 6.65. The Labute approximate surface area is 113 Å². The van der Waals surface area contributed by atoms with E-state index < -0.39 is 10.0 Å². The number of carbonyl (C=O) groups excluding carboxylic acids is 2. The number of hydrogen-bond acceptors (Lipinski definition) is 4. The summed E-state index contributed by atoms with van der Waals surface area (Å²) in [4.78, 5) is 22.8. The lowest BCUT2D eigenvalue weighted by molar-refractivity contribution is -0.136. The van der Waals surface area contributed by atoms with Gasteiger partial charge in [0.05, 0.1) is 6.26 Å². The number of imide groups is 1. The molecule has 0 spiro atoms. The SMILES string of the molecule is CS(=O)(=O)N1CCCC(CC2CCC(=O)NC2=O)C1. The summed E-state index contributed by atoms with van der Waals surface area (Å²) in [5, 5.41) is 2.35. The van der Waals surface area contributed by atoms with Crippen LogP contribution in [0.3, 0.4) is 0 Å². The molecule has 2 heterocycles. The first-order chi connectivity index (χ1) is 8.86. The van der Waals surface area contributed by atoms with Crippen LogP contribution in [0.4, 0.5) is 0 Å². The van der Waals surface area contributed by atoms with Crippen LogP contribution >= 0.6 is 0 Å². The summed E-state index contributed by atoms with van der Waals surface area (Å²) in [6.45, 7) is 1.07. The molecule has 2 unspecified atom stereocenters. The Balaban J connectivity index is 1.92. The van der Waals surface area contributed by atoms with Gasteiger partial charge in [-0.05, 0) is 31.6 Å². The van der Waals surface area contributed by atoms with Crippen molar-refractivity contribution < 1.29 is 18.0 Å². The molecule has 19 heavy (non-hydrogen) atoms. The van der Waals surface area contributed by atoms with Crippen molar-refractivity contribution in [1.29, 1.82) is 0 Å². The van der Waals surface area contributed by atoms with Crippen LogP contribution in [0, 0.1) is 11.8 Å². The molecule has 2 amide bonds. The number of amides is 2. The van der Waals surface area contributed by atoms with Crippen LogP contribution in [-0.4, -0.2) is 43.9 Å².